The maximum absolute atomic E-state index is 5.63. The highest BCUT2D eigenvalue weighted by molar-refractivity contribution is 6.71. The van der Waals surface area contributed by atoms with E-state index in [1.165, 1.54) is 6.04 Å². The first-order valence-electron chi connectivity index (χ1n) is 3.75. The molecule has 0 aliphatic heterocycles. The Morgan fingerprint density at radius 2 is 1.80 bits per heavy atom. The van der Waals surface area contributed by atoms with Crippen LogP contribution in [-0.2, 0) is 9.16 Å². The Labute approximate surface area is 64.7 Å². The van der Waals surface area contributed by atoms with Crippen molar-refractivity contribution in [2.75, 3.05) is 20.3 Å². The molecule has 10 heavy (non-hydrogen) atoms. The van der Waals surface area contributed by atoms with E-state index in [0.29, 0.717) is 0 Å². The average molecular weight is 162 g/mol. The van der Waals surface area contributed by atoms with Gasteiger partial charge >= 0.3 is 0 Å². The van der Waals surface area contributed by atoms with Crippen LogP contribution in [0, 0.1) is 0 Å². The zero-order valence-corrected chi connectivity index (χ0v) is 8.44. The Kier molecular flexibility index (Phi) is 4.94. The van der Waals surface area contributed by atoms with Gasteiger partial charge in [-0.2, -0.15) is 0 Å². The first-order valence-corrected chi connectivity index (χ1v) is 6.87. The summed E-state index contributed by atoms with van der Waals surface area (Å²) in [6.45, 7) is 8.10. The molecule has 0 saturated heterocycles. The van der Waals surface area contributed by atoms with Crippen LogP contribution >= 0.6 is 0 Å². The lowest BCUT2D eigenvalue weighted by atomic mass is 10.8. The summed E-state index contributed by atoms with van der Waals surface area (Å²) in [6, 6.07) is 1.18. The van der Waals surface area contributed by atoms with Crippen LogP contribution in [-0.4, -0.2) is 28.6 Å². The van der Waals surface area contributed by atoms with Crippen molar-refractivity contribution in [3.8, 4) is 0 Å². The summed E-state index contributed by atoms with van der Waals surface area (Å²) in [7, 11) is 0.404. The van der Waals surface area contributed by atoms with Crippen LogP contribution in [0.1, 0.15) is 6.92 Å². The topological polar surface area (TPSA) is 18.5 Å². The molecular weight excluding hydrogens is 144 g/mol. The monoisotopic (exact) mass is 162 g/mol. The van der Waals surface area contributed by atoms with Crippen molar-refractivity contribution >= 4 is 8.32 Å². The van der Waals surface area contributed by atoms with Crippen molar-refractivity contribution in [2.24, 2.45) is 0 Å². The van der Waals surface area contributed by atoms with Gasteiger partial charge in [-0.1, -0.05) is 6.92 Å². The van der Waals surface area contributed by atoms with Crippen LogP contribution < -0.4 is 0 Å². The molecule has 0 aliphatic rings. The molecule has 0 aromatic rings. The molecule has 0 heterocycles. The van der Waals surface area contributed by atoms with Crippen LogP contribution in [0.25, 0.3) is 0 Å². The average Bonchev–Trinajstić information content (AvgIpc) is 1.89. The molecule has 0 N–H and O–H groups in total. The van der Waals surface area contributed by atoms with E-state index in [2.05, 4.69) is 20.0 Å². The Hall–Kier alpha value is 0.137. The van der Waals surface area contributed by atoms with Gasteiger partial charge in [0.1, 0.15) is 0 Å². The summed E-state index contributed by atoms with van der Waals surface area (Å²) >= 11 is 0. The van der Waals surface area contributed by atoms with E-state index in [9.17, 15) is 0 Å². The third-order valence-electron chi connectivity index (χ3n) is 1.63. The van der Waals surface area contributed by atoms with E-state index in [0.717, 1.165) is 13.2 Å². The van der Waals surface area contributed by atoms with Crippen molar-refractivity contribution in [3.05, 3.63) is 0 Å². The number of methoxy groups -OCH3 is 1. The normalized spacial score (nSPS) is 12.0. The van der Waals surface area contributed by atoms with Gasteiger partial charge in [0.2, 0.25) is 0 Å². The molecule has 0 aliphatic carbocycles. The molecule has 0 spiro atoms. The van der Waals surface area contributed by atoms with E-state index >= 15 is 0 Å². The number of hydrogen-bond donors (Lipinski definition) is 0. The van der Waals surface area contributed by atoms with E-state index in [-0.39, 0.29) is 0 Å². The van der Waals surface area contributed by atoms with Crippen molar-refractivity contribution in [2.45, 2.75) is 26.1 Å². The summed E-state index contributed by atoms with van der Waals surface area (Å²) in [6.07, 6.45) is 0. The molecule has 2 nitrogen and oxygen atoms in total. The second kappa shape index (κ2) is 4.88. The van der Waals surface area contributed by atoms with Crippen molar-refractivity contribution in [3.63, 3.8) is 0 Å². The van der Waals surface area contributed by atoms with E-state index in [1.807, 2.05) is 0 Å². The Balaban J connectivity index is 3.28. The molecule has 0 aromatic carbocycles. The van der Waals surface area contributed by atoms with Crippen LogP contribution in [0.4, 0.5) is 0 Å². The van der Waals surface area contributed by atoms with Gasteiger partial charge in [0, 0.05) is 7.11 Å². The van der Waals surface area contributed by atoms with Gasteiger partial charge in [-0.25, -0.2) is 0 Å². The highest BCUT2D eigenvalue weighted by atomic mass is 28.4. The lowest BCUT2D eigenvalue weighted by Crippen LogP contribution is -2.30. The van der Waals surface area contributed by atoms with Crippen LogP contribution in [0.15, 0.2) is 0 Å². The number of rotatable bonds is 5. The molecule has 0 unspecified atom stereocenters. The van der Waals surface area contributed by atoms with Gasteiger partial charge in [-0.15, -0.1) is 0 Å². The minimum Gasteiger partial charge on any atom is -0.415 e. The maximum atomic E-state index is 5.63. The molecule has 0 atom stereocenters. The summed E-state index contributed by atoms with van der Waals surface area (Å²) < 4.78 is 10.5. The van der Waals surface area contributed by atoms with Crippen LogP contribution in [0.2, 0.25) is 19.1 Å². The Morgan fingerprint density at radius 3 is 2.20 bits per heavy atom. The van der Waals surface area contributed by atoms with Gasteiger partial charge in [0.15, 0.2) is 8.32 Å². The van der Waals surface area contributed by atoms with Crippen molar-refractivity contribution in [1.82, 2.24) is 0 Å². The maximum Gasteiger partial charge on any atom is 0.186 e. The summed E-state index contributed by atoms with van der Waals surface area (Å²) in [5, 5.41) is 0. The fourth-order valence-electron chi connectivity index (χ4n) is 0.503. The third kappa shape index (κ3) is 4.96. The third-order valence-corrected chi connectivity index (χ3v) is 4.32. The van der Waals surface area contributed by atoms with Gasteiger partial charge in [-0.05, 0) is 19.1 Å². The smallest absolute Gasteiger partial charge is 0.186 e. The molecular formula is C7H18O2Si. The lowest BCUT2D eigenvalue weighted by Gasteiger charge is -2.20. The summed E-state index contributed by atoms with van der Waals surface area (Å²) in [5.74, 6) is 0. The molecule has 0 radical (unpaired) electrons. The van der Waals surface area contributed by atoms with E-state index in [1.54, 1.807) is 7.11 Å². The van der Waals surface area contributed by atoms with Gasteiger partial charge in [0.25, 0.3) is 0 Å². The summed E-state index contributed by atoms with van der Waals surface area (Å²) in [5.41, 5.74) is 0. The van der Waals surface area contributed by atoms with E-state index < -0.39 is 8.32 Å². The highest BCUT2D eigenvalue weighted by Crippen LogP contribution is 2.08. The zero-order chi connectivity index (χ0) is 8.04. The molecule has 0 aromatic heterocycles. The number of ether oxygens (including phenoxy) is 1. The molecule has 0 rings (SSSR count). The van der Waals surface area contributed by atoms with Gasteiger partial charge < -0.3 is 9.16 Å². The molecule has 0 amide bonds. The second-order valence-corrected chi connectivity index (χ2v) is 7.47. The molecule has 3 heteroatoms. The minimum atomic E-state index is -1.29. The van der Waals surface area contributed by atoms with Crippen molar-refractivity contribution < 1.29 is 9.16 Å². The lowest BCUT2D eigenvalue weighted by molar-refractivity contribution is 0.142. The first-order chi connectivity index (χ1) is 4.62. The second-order valence-electron chi connectivity index (χ2n) is 2.95. The Morgan fingerprint density at radius 1 is 1.20 bits per heavy atom. The van der Waals surface area contributed by atoms with Gasteiger partial charge in [-0.3, -0.25) is 0 Å². The summed E-state index contributed by atoms with van der Waals surface area (Å²) in [4.78, 5) is 0. The largest absolute Gasteiger partial charge is 0.415 e. The van der Waals surface area contributed by atoms with Crippen molar-refractivity contribution in [1.29, 1.82) is 0 Å². The highest BCUT2D eigenvalue weighted by Gasteiger charge is 2.18. The van der Waals surface area contributed by atoms with Crippen LogP contribution in [0.5, 0.6) is 0 Å². The molecule has 62 valence electrons. The quantitative estimate of drug-likeness (QED) is 0.454. The predicted octanol–water partition coefficient (Wildman–Crippen LogP) is 1.87. The zero-order valence-electron chi connectivity index (χ0n) is 7.44. The van der Waals surface area contributed by atoms with Gasteiger partial charge in [0.05, 0.1) is 13.2 Å². The Bertz CT molecular complexity index is 83.7. The molecule has 0 bridgehead atoms. The molecule has 0 saturated carbocycles. The first kappa shape index (κ1) is 10.1. The minimum absolute atomic E-state index is 0.719. The van der Waals surface area contributed by atoms with E-state index in [4.69, 9.17) is 9.16 Å². The fraction of sp³-hybridized carbons (Fsp3) is 1.00. The van der Waals surface area contributed by atoms with Crippen LogP contribution in [0.3, 0.4) is 0 Å². The standard InChI is InChI=1S/C7H18O2Si/c1-5-10(3,4)9-7-6-8-2/h5-7H2,1-4H3. The predicted molar refractivity (Wildman–Crippen MR) is 45.8 cm³/mol. The number of hydrogen-bond acceptors (Lipinski definition) is 2. The fourth-order valence-corrected chi connectivity index (χ4v) is 1.34. The SMILES string of the molecule is CC[Si](C)(C)OCCOC. The molecule has 0 fully saturated rings.